The molecule has 120 valence electrons. The fourth-order valence-electron chi connectivity index (χ4n) is 2.50. The molecule has 0 unspecified atom stereocenters. The van der Waals surface area contributed by atoms with Crippen LogP contribution in [0.5, 0.6) is 5.75 Å². The zero-order valence-electron chi connectivity index (χ0n) is 12.9. The molecular weight excluding hydrogens is 312 g/mol. The van der Waals surface area contributed by atoms with Crippen molar-refractivity contribution in [3.8, 4) is 5.75 Å². The number of carbonyl (C=O) groups is 1. The molecule has 0 aliphatic carbocycles. The van der Waals surface area contributed by atoms with Crippen molar-refractivity contribution in [2.24, 2.45) is 0 Å². The van der Waals surface area contributed by atoms with Crippen LogP contribution in [0.1, 0.15) is 23.2 Å². The summed E-state index contributed by atoms with van der Waals surface area (Å²) in [7, 11) is 0. The molecule has 0 N–H and O–H groups in total. The Labute approximate surface area is 139 Å². The first-order valence-corrected chi connectivity index (χ1v) is 8.71. The predicted octanol–water partition coefficient (Wildman–Crippen LogP) is 2.28. The second-order valence-corrected chi connectivity index (χ2v) is 6.03. The number of pyridine rings is 1. The standard InChI is InChI=1S/C16H18N4O2S/c1-23-16-18-9-12(10-19-16)15(21)20-7-4-13(5-8-20)22-14-3-2-6-17-11-14/h2-3,6,9-11,13H,4-5,7-8H2,1H3. The molecule has 1 fully saturated rings. The second kappa shape index (κ2) is 7.41. The lowest BCUT2D eigenvalue weighted by Crippen LogP contribution is -2.41. The molecule has 2 aromatic heterocycles. The number of piperidine rings is 1. The molecule has 3 heterocycles. The molecule has 1 aliphatic heterocycles. The normalized spacial score (nSPS) is 15.4. The maximum Gasteiger partial charge on any atom is 0.256 e. The van der Waals surface area contributed by atoms with E-state index in [-0.39, 0.29) is 12.0 Å². The van der Waals surface area contributed by atoms with Gasteiger partial charge in [-0.15, -0.1) is 0 Å². The first-order valence-electron chi connectivity index (χ1n) is 7.48. The average Bonchev–Trinajstić information content (AvgIpc) is 2.63. The highest BCUT2D eigenvalue weighted by Gasteiger charge is 2.25. The summed E-state index contributed by atoms with van der Waals surface area (Å²) in [5, 5.41) is 0.671. The molecular formula is C16H18N4O2S. The van der Waals surface area contributed by atoms with Gasteiger partial charge in [-0.1, -0.05) is 11.8 Å². The third kappa shape index (κ3) is 3.98. The maximum atomic E-state index is 12.5. The molecule has 0 atom stereocenters. The van der Waals surface area contributed by atoms with E-state index in [0.717, 1.165) is 18.6 Å². The van der Waals surface area contributed by atoms with Crippen molar-refractivity contribution < 1.29 is 9.53 Å². The zero-order valence-corrected chi connectivity index (χ0v) is 13.7. The Morgan fingerprint density at radius 2 is 2.00 bits per heavy atom. The van der Waals surface area contributed by atoms with Crippen LogP contribution in [0.4, 0.5) is 0 Å². The Bertz CT molecular complexity index is 643. The number of carbonyl (C=O) groups excluding carboxylic acids is 1. The van der Waals surface area contributed by atoms with E-state index in [9.17, 15) is 4.79 Å². The summed E-state index contributed by atoms with van der Waals surface area (Å²) in [5.41, 5.74) is 0.537. The Morgan fingerprint density at radius 3 is 2.61 bits per heavy atom. The van der Waals surface area contributed by atoms with Crippen molar-refractivity contribution in [1.29, 1.82) is 0 Å². The minimum absolute atomic E-state index is 0.0162. The van der Waals surface area contributed by atoms with Gasteiger partial charge in [0.1, 0.15) is 11.9 Å². The van der Waals surface area contributed by atoms with Crippen molar-refractivity contribution in [3.63, 3.8) is 0 Å². The number of nitrogens with zero attached hydrogens (tertiary/aromatic N) is 4. The Hall–Kier alpha value is -2.15. The molecule has 1 amide bonds. The molecule has 0 bridgehead atoms. The van der Waals surface area contributed by atoms with Gasteiger partial charge in [-0.25, -0.2) is 9.97 Å². The van der Waals surface area contributed by atoms with Crippen LogP contribution in [-0.2, 0) is 0 Å². The monoisotopic (exact) mass is 330 g/mol. The van der Waals surface area contributed by atoms with E-state index in [2.05, 4.69) is 15.0 Å². The minimum Gasteiger partial charge on any atom is -0.489 e. The van der Waals surface area contributed by atoms with E-state index >= 15 is 0 Å². The molecule has 1 saturated heterocycles. The molecule has 7 heteroatoms. The lowest BCUT2D eigenvalue weighted by atomic mass is 10.1. The summed E-state index contributed by atoms with van der Waals surface area (Å²) < 4.78 is 5.89. The third-order valence-corrected chi connectivity index (χ3v) is 4.30. The van der Waals surface area contributed by atoms with Gasteiger partial charge in [0.05, 0.1) is 11.8 Å². The number of hydrogen-bond acceptors (Lipinski definition) is 6. The SMILES string of the molecule is CSc1ncc(C(=O)N2CCC(Oc3cccnc3)CC2)cn1. The van der Waals surface area contributed by atoms with E-state index < -0.39 is 0 Å². The smallest absolute Gasteiger partial charge is 0.256 e. The first kappa shape index (κ1) is 15.7. The summed E-state index contributed by atoms with van der Waals surface area (Å²) in [6.07, 6.45) is 10.3. The van der Waals surface area contributed by atoms with Crippen molar-refractivity contribution in [3.05, 3.63) is 42.5 Å². The van der Waals surface area contributed by atoms with E-state index in [1.807, 2.05) is 23.3 Å². The van der Waals surface area contributed by atoms with Crippen molar-refractivity contribution in [1.82, 2.24) is 19.9 Å². The molecule has 0 radical (unpaired) electrons. The van der Waals surface area contributed by atoms with E-state index in [1.54, 1.807) is 24.8 Å². The van der Waals surface area contributed by atoms with Gasteiger partial charge in [-0.05, 0) is 18.4 Å². The molecule has 0 spiro atoms. The summed E-state index contributed by atoms with van der Waals surface area (Å²) in [4.78, 5) is 26.6. The topological polar surface area (TPSA) is 68.2 Å². The summed E-state index contributed by atoms with van der Waals surface area (Å²) >= 11 is 1.46. The lowest BCUT2D eigenvalue weighted by molar-refractivity contribution is 0.0594. The number of thioether (sulfide) groups is 1. The molecule has 0 aromatic carbocycles. The van der Waals surface area contributed by atoms with Gasteiger partial charge in [0.15, 0.2) is 5.16 Å². The number of ether oxygens (including phenoxy) is 1. The van der Waals surface area contributed by atoms with Crippen molar-refractivity contribution in [2.45, 2.75) is 24.1 Å². The predicted molar refractivity (Wildman–Crippen MR) is 87.6 cm³/mol. The van der Waals surface area contributed by atoms with Gasteiger partial charge in [0.25, 0.3) is 5.91 Å². The van der Waals surface area contributed by atoms with Gasteiger partial charge in [-0.2, -0.15) is 0 Å². The highest BCUT2D eigenvalue weighted by Crippen LogP contribution is 2.19. The number of amides is 1. The van der Waals surface area contributed by atoms with E-state index in [0.29, 0.717) is 23.8 Å². The molecule has 3 rings (SSSR count). The maximum absolute atomic E-state index is 12.5. The molecule has 1 aliphatic rings. The minimum atomic E-state index is -0.0162. The van der Waals surface area contributed by atoms with Crippen LogP contribution in [0.2, 0.25) is 0 Å². The fraction of sp³-hybridized carbons (Fsp3) is 0.375. The van der Waals surface area contributed by atoms with Crippen LogP contribution >= 0.6 is 11.8 Å². The van der Waals surface area contributed by atoms with Crippen molar-refractivity contribution >= 4 is 17.7 Å². The Kier molecular flexibility index (Phi) is 5.07. The van der Waals surface area contributed by atoms with Gasteiger partial charge in [0.2, 0.25) is 0 Å². The van der Waals surface area contributed by atoms with Crippen LogP contribution in [0.15, 0.2) is 42.1 Å². The molecule has 23 heavy (non-hydrogen) atoms. The molecule has 6 nitrogen and oxygen atoms in total. The van der Waals surface area contributed by atoms with Crippen LogP contribution in [0, 0.1) is 0 Å². The highest BCUT2D eigenvalue weighted by molar-refractivity contribution is 7.98. The third-order valence-electron chi connectivity index (χ3n) is 3.72. The highest BCUT2D eigenvalue weighted by atomic mass is 32.2. The summed E-state index contributed by atoms with van der Waals surface area (Å²) in [5.74, 6) is 0.760. The van der Waals surface area contributed by atoms with Gasteiger partial charge in [-0.3, -0.25) is 9.78 Å². The lowest BCUT2D eigenvalue weighted by Gasteiger charge is -2.32. The first-order chi connectivity index (χ1) is 11.3. The Morgan fingerprint density at radius 1 is 1.26 bits per heavy atom. The fourth-order valence-corrected chi connectivity index (χ4v) is 2.82. The van der Waals surface area contributed by atoms with Gasteiger partial charge >= 0.3 is 0 Å². The number of rotatable bonds is 4. The van der Waals surface area contributed by atoms with Crippen LogP contribution in [0.25, 0.3) is 0 Å². The zero-order chi connectivity index (χ0) is 16.1. The van der Waals surface area contributed by atoms with E-state index in [4.69, 9.17) is 4.74 Å². The van der Waals surface area contributed by atoms with Crippen LogP contribution < -0.4 is 4.74 Å². The van der Waals surface area contributed by atoms with Crippen LogP contribution in [0.3, 0.4) is 0 Å². The van der Waals surface area contributed by atoms with Gasteiger partial charge in [0, 0.05) is 44.5 Å². The molecule has 2 aromatic rings. The average molecular weight is 330 g/mol. The summed E-state index contributed by atoms with van der Waals surface area (Å²) in [6.45, 7) is 1.35. The Balaban J connectivity index is 1.54. The second-order valence-electron chi connectivity index (χ2n) is 5.26. The number of aromatic nitrogens is 3. The van der Waals surface area contributed by atoms with Crippen LogP contribution in [-0.4, -0.2) is 51.2 Å². The number of likely N-dealkylation sites (tertiary alicyclic amines) is 1. The molecule has 0 saturated carbocycles. The van der Waals surface area contributed by atoms with Gasteiger partial charge < -0.3 is 9.64 Å². The largest absolute Gasteiger partial charge is 0.489 e. The summed E-state index contributed by atoms with van der Waals surface area (Å²) in [6, 6.07) is 3.75. The van der Waals surface area contributed by atoms with Crippen molar-refractivity contribution in [2.75, 3.05) is 19.3 Å². The quantitative estimate of drug-likeness (QED) is 0.633. The number of hydrogen-bond donors (Lipinski definition) is 0. The van der Waals surface area contributed by atoms with E-state index in [1.165, 1.54) is 11.8 Å².